The Morgan fingerprint density at radius 3 is 2.00 bits per heavy atom. The highest BCUT2D eigenvalue weighted by Gasteiger charge is 2.17. The summed E-state index contributed by atoms with van der Waals surface area (Å²) in [6.07, 6.45) is 1.15. The van der Waals surface area contributed by atoms with Crippen LogP contribution in [-0.2, 0) is 6.42 Å². The largest absolute Gasteiger partial charge is 0.370 e. The van der Waals surface area contributed by atoms with Gasteiger partial charge in [-0.1, -0.05) is 39.8 Å². The molecule has 1 rings (SSSR count). The van der Waals surface area contributed by atoms with Crippen LogP contribution in [0.3, 0.4) is 0 Å². The lowest BCUT2D eigenvalue weighted by Gasteiger charge is -2.32. The third kappa shape index (κ3) is 4.02. The molecule has 1 unspecified atom stereocenters. The van der Waals surface area contributed by atoms with Crippen LogP contribution in [0.2, 0.25) is 0 Å². The molecule has 0 aliphatic rings. The van der Waals surface area contributed by atoms with Crippen molar-refractivity contribution in [1.29, 1.82) is 0 Å². The fourth-order valence-electron chi connectivity index (χ4n) is 2.41. The molecule has 102 valence electrons. The van der Waals surface area contributed by atoms with Gasteiger partial charge >= 0.3 is 0 Å². The lowest BCUT2D eigenvalue weighted by molar-refractivity contribution is 0.480. The highest BCUT2D eigenvalue weighted by Crippen LogP contribution is 2.20. The average molecular weight is 248 g/mol. The Hall–Kier alpha value is -1.02. The van der Waals surface area contributed by atoms with E-state index in [0.29, 0.717) is 24.4 Å². The fourth-order valence-corrected chi connectivity index (χ4v) is 2.41. The Kier molecular flexibility index (Phi) is 5.67. The molecule has 1 aromatic rings. The molecule has 0 bridgehead atoms. The second-order valence-corrected chi connectivity index (χ2v) is 5.92. The SMILES string of the molecule is CC(C)Cc1ccc(N(C)C(CN)C(C)C)cc1. The smallest absolute Gasteiger partial charge is 0.0431 e. The van der Waals surface area contributed by atoms with Gasteiger partial charge in [0, 0.05) is 25.3 Å². The molecule has 0 fully saturated rings. The first kappa shape index (κ1) is 15.0. The average Bonchev–Trinajstić information content (AvgIpc) is 2.29. The first-order chi connectivity index (χ1) is 8.45. The molecule has 0 aliphatic carbocycles. The van der Waals surface area contributed by atoms with Crippen molar-refractivity contribution < 1.29 is 0 Å². The van der Waals surface area contributed by atoms with E-state index in [9.17, 15) is 0 Å². The summed E-state index contributed by atoms with van der Waals surface area (Å²) in [5.41, 5.74) is 8.54. The molecule has 2 N–H and O–H groups in total. The first-order valence-corrected chi connectivity index (χ1v) is 6.97. The predicted molar refractivity (Wildman–Crippen MR) is 81.1 cm³/mol. The topological polar surface area (TPSA) is 29.3 Å². The zero-order chi connectivity index (χ0) is 13.7. The highest BCUT2D eigenvalue weighted by molar-refractivity contribution is 5.48. The van der Waals surface area contributed by atoms with Crippen LogP contribution in [0.1, 0.15) is 33.3 Å². The summed E-state index contributed by atoms with van der Waals surface area (Å²) in [6, 6.07) is 9.30. The number of nitrogens with zero attached hydrogens (tertiary/aromatic N) is 1. The van der Waals surface area contributed by atoms with Crippen molar-refractivity contribution in [2.45, 2.75) is 40.2 Å². The summed E-state index contributed by atoms with van der Waals surface area (Å²) in [4.78, 5) is 2.30. The minimum atomic E-state index is 0.404. The van der Waals surface area contributed by atoms with Crippen LogP contribution < -0.4 is 10.6 Å². The number of benzene rings is 1. The van der Waals surface area contributed by atoms with Crippen LogP contribution in [0, 0.1) is 11.8 Å². The van der Waals surface area contributed by atoms with Gasteiger partial charge in [-0.2, -0.15) is 0 Å². The van der Waals surface area contributed by atoms with Crippen LogP contribution >= 0.6 is 0 Å². The third-order valence-electron chi connectivity index (χ3n) is 3.50. The molecule has 0 spiro atoms. The quantitative estimate of drug-likeness (QED) is 0.837. The maximum absolute atomic E-state index is 5.87. The molecular weight excluding hydrogens is 220 g/mol. The number of hydrogen-bond donors (Lipinski definition) is 1. The zero-order valence-electron chi connectivity index (χ0n) is 12.5. The van der Waals surface area contributed by atoms with Gasteiger partial charge in [-0.3, -0.25) is 0 Å². The van der Waals surface area contributed by atoms with Crippen molar-refractivity contribution >= 4 is 5.69 Å². The van der Waals surface area contributed by atoms with E-state index in [2.05, 4.69) is 63.9 Å². The summed E-state index contributed by atoms with van der Waals surface area (Å²) in [6.45, 7) is 9.65. The molecular formula is C16H28N2. The fraction of sp³-hybridized carbons (Fsp3) is 0.625. The molecule has 1 atom stereocenters. The van der Waals surface area contributed by atoms with Crippen LogP contribution in [0.15, 0.2) is 24.3 Å². The van der Waals surface area contributed by atoms with Gasteiger partial charge in [-0.15, -0.1) is 0 Å². The summed E-state index contributed by atoms with van der Waals surface area (Å²) in [7, 11) is 2.13. The van der Waals surface area contributed by atoms with Crippen molar-refractivity contribution in [2.75, 3.05) is 18.5 Å². The van der Waals surface area contributed by atoms with Crippen LogP contribution in [0.5, 0.6) is 0 Å². The van der Waals surface area contributed by atoms with Gasteiger partial charge in [0.2, 0.25) is 0 Å². The molecule has 0 amide bonds. The van der Waals surface area contributed by atoms with E-state index in [1.807, 2.05) is 0 Å². The lowest BCUT2D eigenvalue weighted by Crippen LogP contribution is -2.41. The Bertz CT molecular complexity index is 341. The van der Waals surface area contributed by atoms with E-state index >= 15 is 0 Å². The summed E-state index contributed by atoms with van der Waals surface area (Å²) in [5.74, 6) is 1.27. The zero-order valence-corrected chi connectivity index (χ0v) is 12.5. The Labute approximate surface area is 112 Å². The lowest BCUT2D eigenvalue weighted by atomic mass is 10.0. The van der Waals surface area contributed by atoms with Crippen LogP contribution in [0.4, 0.5) is 5.69 Å². The Morgan fingerprint density at radius 1 is 1.06 bits per heavy atom. The Balaban J connectivity index is 2.77. The van der Waals surface area contributed by atoms with E-state index in [1.165, 1.54) is 11.3 Å². The van der Waals surface area contributed by atoms with Gasteiger partial charge in [0.05, 0.1) is 0 Å². The summed E-state index contributed by atoms with van der Waals surface area (Å²) < 4.78 is 0. The first-order valence-electron chi connectivity index (χ1n) is 6.97. The van der Waals surface area contributed by atoms with Gasteiger partial charge in [-0.05, 0) is 36.0 Å². The van der Waals surface area contributed by atoms with Gasteiger partial charge in [0.25, 0.3) is 0 Å². The molecule has 1 aromatic carbocycles. The van der Waals surface area contributed by atoms with Gasteiger partial charge in [0.1, 0.15) is 0 Å². The van der Waals surface area contributed by atoms with Crippen LogP contribution in [0.25, 0.3) is 0 Å². The van der Waals surface area contributed by atoms with Crippen molar-refractivity contribution in [2.24, 2.45) is 17.6 Å². The van der Waals surface area contributed by atoms with E-state index in [-0.39, 0.29) is 0 Å². The van der Waals surface area contributed by atoms with E-state index in [1.54, 1.807) is 0 Å². The molecule has 0 saturated carbocycles. The van der Waals surface area contributed by atoms with Crippen molar-refractivity contribution in [3.05, 3.63) is 29.8 Å². The maximum atomic E-state index is 5.87. The second-order valence-electron chi connectivity index (χ2n) is 5.92. The molecule has 0 aromatic heterocycles. The monoisotopic (exact) mass is 248 g/mol. The standard InChI is InChI=1S/C16H28N2/c1-12(2)10-14-6-8-15(9-7-14)18(5)16(11-17)13(3)4/h6-9,12-13,16H,10-11,17H2,1-5H3. The second kappa shape index (κ2) is 6.79. The minimum Gasteiger partial charge on any atom is -0.370 e. The normalized spacial score (nSPS) is 13.1. The van der Waals surface area contributed by atoms with Crippen molar-refractivity contribution in [3.8, 4) is 0 Å². The molecule has 18 heavy (non-hydrogen) atoms. The summed E-state index contributed by atoms with van der Waals surface area (Å²) in [5, 5.41) is 0. The maximum Gasteiger partial charge on any atom is 0.0431 e. The Morgan fingerprint density at radius 2 is 1.61 bits per heavy atom. The summed E-state index contributed by atoms with van der Waals surface area (Å²) >= 11 is 0. The number of anilines is 1. The van der Waals surface area contributed by atoms with E-state index < -0.39 is 0 Å². The minimum absolute atomic E-state index is 0.404. The van der Waals surface area contributed by atoms with Gasteiger partial charge in [0.15, 0.2) is 0 Å². The molecule has 0 aliphatic heterocycles. The number of rotatable bonds is 6. The third-order valence-corrected chi connectivity index (χ3v) is 3.50. The predicted octanol–water partition coefficient (Wildman–Crippen LogP) is 3.30. The van der Waals surface area contributed by atoms with Gasteiger partial charge < -0.3 is 10.6 Å². The molecule has 2 heteroatoms. The van der Waals surface area contributed by atoms with Crippen molar-refractivity contribution in [1.82, 2.24) is 0 Å². The van der Waals surface area contributed by atoms with Crippen molar-refractivity contribution in [3.63, 3.8) is 0 Å². The number of likely N-dealkylation sites (N-methyl/N-ethyl adjacent to an activating group) is 1. The number of nitrogens with two attached hydrogens (primary N) is 1. The van der Waals surface area contributed by atoms with E-state index in [0.717, 1.165) is 6.42 Å². The molecule has 0 heterocycles. The highest BCUT2D eigenvalue weighted by atomic mass is 15.1. The van der Waals surface area contributed by atoms with Crippen LogP contribution in [-0.4, -0.2) is 19.6 Å². The van der Waals surface area contributed by atoms with Gasteiger partial charge in [-0.25, -0.2) is 0 Å². The molecule has 0 saturated heterocycles. The van der Waals surface area contributed by atoms with E-state index in [4.69, 9.17) is 5.73 Å². The molecule has 0 radical (unpaired) electrons. The number of hydrogen-bond acceptors (Lipinski definition) is 2. The molecule has 2 nitrogen and oxygen atoms in total.